The molecular weight excluding hydrogens is 376 g/mol. The summed E-state index contributed by atoms with van der Waals surface area (Å²) in [5, 5.41) is 15.2. The maximum atomic E-state index is 12.1. The van der Waals surface area contributed by atoms with Crippen molar-refractivity contribution in [1.82, 2.24) is 10.2 Å². The van der Waals surface area contributed by atoms with Crippen molar-refractivity contribution >= 4 is 39.8 Å². The van der Waals surface area contributed by atoms with E-state index in [0.717, 1.165) is 15.2 Å². The third-order valence-electron chi connectivity index (χ3n) is 3.88. The highest BCUT2D eigenvalue weighted by Gasteiger charge is 2.09. The lowest BCUT2D eigenvalue weighted by Crippen LogP contribution is -2.13. The van der Waals surface area contributed by atoms with Gasteiger partial charge < -0.3 is 10.6 Å². The summed E-state index contributed by atoms with van der Waals surface area (Å²) >= 11 is 2.85. The molecule has 2 aromatic carbocycles. The number of carbonyl (C=O) groups is 1. The van der Waals surface area contributed by atoms with Crippen LogP contribution in [0.25, 0.3) is 0 Å². The summed E-state index contributed by atoms with van der Waals surface area (Å²) in [6.45, 7) is 5.00. The van der Waals surface area contributed by atoms with Crippen LogP contribution in [0.15, 0.2) is 58.9 Å². The fourth-order valence-electron chi connectivity index (χ4n) is 2.39. The monoisotopic (exact) mass is 398 g/mol. The number of benzene rings is 2. The molecule has 1 amide bonds. The Kier molecular flexibility index (Phi) is 6.84. The summed E-state index contributed by atoms with van der Waals surface area (Å²) in [4.78, 5) is 12.1. The first kappa shape index (κ1) is 19.4. The van der Waals surface area contributed by atoms with Gasteiger partial charge in [-0.1, -0.05) is 79.4 Å². The largest absolute Gasteiger partial charge is 0.356 e. The molecule has 140 valence electrons. The number of hydrogen-bond acceptors (Lipinski definition) is 6. The molecule has 1 aromatic heterocycles. The van der Waals surface area contributed by atoms with Crippen LogP contribution in [0.5, 0.6) is 0 Å². The fourth-order valence-corrected chi connectivity index (χ4v) is 3.94. The Balaban J connectivity index is 1.44. The Morgan fingerprint density at radius 2 is 1.81 bits per heavy atom. The van der Waals surface area contributed by atoms with Crippen LogP contribution in [0.4, 0.5) is 10.8 Å². The smallest absolute Gasteiger partial charge is 0.234 e. The molecule has 0 aliphatic heterocycles. The van der Waals surface area contributed by atoms with E-state index >= 15 is 0 Å². The van der Waals surface area contributed by atoms with Crippen molar-refractivity contribution < 1.29 is 4.79 Å². The van der Waals surface area contributed by atoms with Crippen molar-refractivity contribution in [1.29, 1.82) is 0 Å². The molecule has 0 spiro atoms. The minimum atomic E-state index is -0.0497. The lowest BCUT2D eigenvalue weighted by molar-refractivity contribution is -0.113. The van der Waals surface area contributed by atoms with Crippen LogP contribution in [0, 0.1) is 0 Å². The van der Waals surface area contributed by atoms with Gasteiger partial charge in [0.25, 0.3) is 0 Å². The predicted octanol–water partition coefficient (Wildman–Crippen LogP) is 5.00. The molecule has 0 fully saturated rings. The minimum Gasteiger partial charge on any atom is -0.356 e. The van der Waals surface area contributed by atoms with Crippen LogP contribution in [0.3, 0.4) is 0 Å². The first-order chi connectivity index (χ1) is 13.1. The number of rotatable bonds is 8. The van der Waals surface area contributed by atoms with E-state index in [0.29, 0.717) is 18.2 Å². The summed E-state index contributed by atoms with van der Waals surface area (Å²) in [7, 11) is 0. The van der Waals surface area contributed by atoms with Gasteiger partial charge in [0.05, 0.1) is 5.75 Å². The number of hydrogen-bond donors (Lipinski definition) is 2. The van der Waals surface area contributed by atoms with E-state index in [1.165, 1.54) is 34.2 Å². The van der Waals surface area contributed by atoms with Gasteiger partial charge in [-0.25, -0.2) is 0 Å². The first-order valence-electron chi connectivity index (χ1n) is 8.74. The molecule has 3 rings (SSSR count). The number of carbonyl (C=O) groups excluding carboxylic acids is 1. The van der Waals surface area contributed by atoms with Crippen molar-refractivity contribution in [3.8, 4) is 0 Å². The molecule has 0 unspecified atom stereocenters. The van der Waals surface area contributed by atoms with E-state index in [4.69, 9.17) is 0 Å². The van der Waals surface area contributed by atoms with Crippen LogP contribution in [0.2, 0.25) is 0 Å². The Bertz CT molecular complexity index is 863. The first-order valence-corrected chi connectivity index (χ1v) is 10.5. The summed E-state index contributed by atoms with van der Waals surface area (Å²) in [5.41, 5.74) is 3.25. The number of nitrogens with zero attached hydrogens (tertiary/aromatic N) is 2. The van der Waals surface area contributed by atoms with Crippen molar-refractivity contribution in [3.63, 3.8) is 0 Å². The predicted molar refractivity (Wildman–Crippen MR) is 114 cm³/mol. The third kappa shape index (κ3) is 6.08. The molecule has 0 atom stereocenters. The van der Waals surface area contributed by atoms with Gasteiger partial charge in [-0.2, -0.15) is 0 Å². The highest BCUT2D eigenvalue weighted by molar-refractivity contribution is 8.01. The second kappa shape index (κ2) is 9.53. The van der Waals surface area contributed by atoms with Gasteiger partial charge in [0.2, 0.25) is 11.0 Å². The molecular formula is C20H22N4OS2. The second-order valence-corrected chi connectivity index (χ2v) is 8.53. The van der Waals surface area contributed by atoms with Crippen LogP contribution in [-0.2, 0) is 11.3 Å². The standard InChI is InChI=1S/C20H22N4OS2/c1-14(2)16-8-10-17(11-9-16)22-18(25)13-26-20-24-23-19(27-20)21-12-15-6-4-3-5-7-15/h3-11,14H,12-13H2,1-2H3,(H,21,23)(H,22,25). The maximum absolute atomic E-state index is 12.1. The van der Waals surface area contributed by atoms with E-state index in [9.17, 15) is 4.79 Å². The molecule has 5 nitrogen and oxygen atoms in total. The Hall–Kier alpha value is -2.38. The summed E-state index contributed by atoms with van der Waals surface area (Å²) in [5.74, 6) is 0.734. The van der Waals surface area contributed by atoms with Crippen molar-refractivity contribution in [2.75, 3.05) is 16.4 Å². The minimum absolute atomic E-state index is 0.0497. The van der Waals surface area contributed by atoms with E-state index in [1.54, 1.807) is 0 Å². The Morgan fingerprint density at radius 1 is 1.07 bits per heavy atom. The van der Waals surface area contributed by atoms with Crippen LogP contribution < -0.4 is 10.6 Å². The van der Waals surface area contributed by atoms with Gasteiger partial charge in [0.1, 0.15) is 0 Å². The van der Waals surface area contributed by atoms with E-state index in [1.807, 2.05) is 42.5 Å². The van der Waals surface area contributed by atoms with Gasteiger partial charge in [0.15, 0.2) is 4.34 Å². The summed E-state index contributed by atoms with van der Waals surface area (Å²) in [6.07, 6.45) is 0. The lowest BCUT2D eigenvalue weighted by Gasteiger charge is -2.08. The summed E-state index contributed by atoms with van der Waals surface area (Å²) < 4.78 is 0.774. The number of anilines is 2. The molecule has 0 radical (unpaired) electrons. The Labute approximate surface area is 167 Å². The molecule has 0 aliphatic carbocycles. The zero-order valence-electron chi connectivity index (χ0n) is 15.3. The van der Waals surface area contributed by atoms with Gasteiger partial charge in [-0.3, -0.25) is 4.79 Å². The van der Waals surface area contributed by atoms with Gasteiger partial charge in [-0.15, -0.1) is 10.2 Å². The topological polar surface area (TPSA) is 66.9 Å². The molecule has 0 saturated carbocycles. The Morgan fingerprint density at radius 3 is 2.52 bits per heavy atom. The number of amides is 1. The highest BCUT2D eigenvalue weighted by atomic mass is 32.2. The molecule has 0 saturated heterocycles. The van der Waals surface area contributed by atoms with Crippen molar-refractivity contribution in [3.05, 3.63) is 65.7 Å². The SMILES string of the molecule is CC(C)c1ccc(NC(=O)CSc2nnc(NCc3ccccc3)s2)cc1. The van der Waals surface area contributed by atoms with E-state index < -0.39 is 0 Å². The van der Waals surface area contributed by atoms with Crippen LogP contribution in [-0.4, -0.2) is 21.9 Å². The number of nitrogens with one attached hydrogen (secondary N) is 2. The van der Waals surface area contributed by atoms with Crippen molar-refractivity contribution in [2.24, 2.45) is 0 Å². The fraction of sp³-hybridized carbons (Fsp3) is 0.250. The third-order valence-corrected chi connectivity index (χ3v) is 5.90. The van der Waals surface area contributed by atoms with Crippen LogP contribution in [0.1, 0.15) is 30.9 Å². The molecule has 0 bridgehead atoms. The molecule has 0 aliphatic rings. The zero-order valence-corrected chi connectivity index (χ0v) is 16.9. The van der Waals surface area contributed by atoms with E-state index in [-0.39, 0.29) is 5.91 Å². The number of aromatic nitrogens is 2. The molecule has 2 N–H and O–H groups in total. The van der Waals surface area contributed by atoms with Crippen molar-refractivity contribution in [2.45, 2.75) is 30.6 Å². The average Bonchev–Trinajstić information content (AvgIpc) is 3.14. The van der Waals surface area contributed by atoms with E-state index in [2.05, 4.69) is 46.8 Å². The zero-order chi connectivity index (χ0) is 19.1. The normalized spacial score (nSPS) is 10.8. The number of thioether (sulfide) groups is 1. The second-order valence-electron chi connectivity index (χ2n) is 6.33. The highest BCUT2D eigenvalue weighted by Crippen LogP contribution is 2.26. The van der Waals surface area contributed by atoms with Gasteiger partial charge in [-0.05, 0) is 29.2 Å². The quantitative estimate of drug-likeness (QED) is 0.523. The molecule has 1 heterocycles. The average molecular weight is 399 g/mol. The summed E-state index contributed by atoms with van der Waals surface area (Å²) in [6, 6.07) is 18.1. The maximum Gasteiger partial charge on any atom is 0.234 e. The molecule has 3 aromatic rings. The molecule has 27 heavy (non-hydrogen) atoms. The van der Waals surface area contributed by atoms with Gasteiger partial charge in [0, 0.05) is 12.2 Å². The molecule has 7 heteroatoms. The lowest BCUT2D eigenvalue weighted by atomic mass is 10.0. The van der Waals surface area contributed by atoms with Crippen LogP contribution >= 0.6 is 23.1 Å². The van der Waals surface area contributed by atoms with Gasteiger partial charge >= 0.3 is 0 Å².